The van der Waals surface area contributed by atoms with Crippen LogP contribution in [0, 0.1) is 18.3 Å². The van der Waals surface area contributed by atoms with E-state index in [0.29, 0.717) is 5.56 Å². The lowest BCUT2D eigenvalue weighted by Gasteiger charge is -2.24. The SMILES string of the molecule is COC(=O)C1[C@@H](O)CCN1S(=O)(=O)Nc1ccc(C#N)c(Cl)c1C. The van der Waals surface area contributed by atoms with E-state index >= 15 is 0 Å². The molecule has 1 saturated heterocycles. The molecule has 1 aromatic carbocycles. The van der Waals surface area contributed by atoms with Gasteiger partial charge in [-0.3, -0.25) is 9.52 Å². The molecule has 0 bridgehead atoms. The number of benzene rings is 1. The van der Waals surface area contributed by atoms with E-state index in [2.05, 4.69) is 9.46 Å². The molecule has 0 spiro atoms. The van der Waals surface area contributed by atoms with Crippen LogP contribution in [0.25, 0.3) is 0 Å². The fourth-order valence-electron chi connectivity index (χ4n) is 2.49. The van der Waals surface area contributed by atoms with Crippen molar-refractivity contribution in [2.75, 3.05) is 18.4 Å². The van der Waals surface area contributed by atoms with Gasteiger partial charge in [-0.1, -0.05) is 11.6 Å². The average molecular weight is 374 g/mol. The number of esters is 1. The van der Waals surface area contributed by atoms with Gasteiger partial charge in [-0.2, -0.15) is 18.0 Å². The number of hydrogen-bond acceptors (Lipinski definition) is 6. The maximum atomic E-state index is 12.6. The van der Waals surface area contributed by atoms with Crippen molar-refractivity contribution in [2.45, 2.75) is 25.5 Å². The van der Waals surface area contributed by atoms with Crippen molar-refractivity contribution in [3.63, 3.8) is 0 Å². The lowest BCUT2D eigenvalue weighted by atomic mass is 10.1. The fourth-order valence-corrected chi connectivity index (χ4v) is 4.19. The zero-order valence-electron chi connectivity index (χ0n) is 13.0. The number of carbonyl (C=O) groups excluding carboxylic acids is 1. The number of rotatable bonds is 4. The third kappa shape index (κ3) is 3.32. The van der Waals surface area contributed by atoms with E-state index in [0.717, 1.165) is 11.4 Å². The van der Waals surface area contributed by atoms with Gasteiger partial charge >= 0.3 is 16.2 Å². The third-order valence-corrected chi connectivity index (χ3v) is 5.81. The molecule has 8 nitrogen and oxygen atoms in total. The Morgan fingerprint density at radius 1 is 1.54 bits per heavy atom. The maximum absolute atomic E-state index is 12.6. The number of aliphatic hydroxyl groups excluding tert-OH is 1. The second-order valence-electron chi connectivity index (χ2n) is 5.25. The number of carbonyl (C=O) groups is 1. The van der Waals surface area contributed by atoms with Crippen LogP contribution in [0.5, 0.6) is 0 Å². The quantitative estimate of drug-likeness (QED) is 0.753. The predicted octanol–water partition coefficient (Wildman–Crippen LogP) is 0.785. The molecule has 0 radical (unpaired) electrons. The minimum absolute atomic E-state index is 0.0284. The van der Waals surface area contributed by atoms with E-state index in [1.807, 2.05) is 6.07 Å². The Bertz CT molecular complexity index is 805. The smallest absolute Gasteiger partial charge is 0.326 e. The van der Waals surface area contributed by atoms with Gasteiger partial charge in [-0.25, -0.2) is 0 Å². The second-order valence-corrected chi connectivity index (χ2v) is 7.25. The van der Waals surface area contributed by atoms with Crippen LogP contribution >= 0.6 is 11.6 Å². The van der Waals surface area contributed by atoms with Crippen molar-refractivity contribution >= 4 is 33.5 Å². The van der Waals surface area contributed by atoms with E-state index < -0.39 is 28.3 Å². The van der Waals surface area contributed by atoms with Gasteiger partial charge in [-0.05, 0) is 31.0 Å². The summed E-state index contributed by atoms with van der Waals surface area (Å²) in [6, 6.07) is 3.41. The molecule has 1 aliphatic heterocycles. The number of nitrogens with one attached hydrogen (secondary N) is 1. The fraction of sp³-hybridized carbons (Fsp3) is 0.429. The minimum Gasteiger partial charge on any atom is -0.468 e. The van der Waals surface area contributed by atoms with Crippen LogP contribution in [0.1, 0.15) is 17.5 Å². The summed E-state index contributed by atoms with van der Waals surface area (Å²) in [4.78, 5) is 11.8. The number of nitriles is 1. The van der Waals surface area contributed by atoms with Crippen LogP contribution in [0.15, 0.2) is 12.1 Å². The molecule has 10 heteroatoms. The third-order valence-electron chi connectivity index (χ3n) is 3.82. The predicted molar refractivity (Wildman–Crippen MR) is 86.6 cm³/mol. The van der Waals surface area contributed by atoms with Gasteiger partial charge in [-0.15, -0.1) is 0 Å². The van der Waals surface area contributed by atoms with Gasteiger partial charge < -0.3 is 9.84 Å². The van der Waals surface area contributed by atoms with Crippen LogP contribution in [0.2, 0.25) is 5.02 Å². The molecule has 1 aliphatic rings. The molecule has 1 unspecified atom stereocenters. The number of halogens is 1. The molecule has 24 heavy (non-hydrogen) atoms. The zero-order valence-corrected chi connectivity index (χ0v) is 14.6. The summed E-state index contributed by atoms with van der Waals surface area (Å²) >= 11 is 6.03. The molecular weight excluding hydrogens is 358 g/mol. The first kappa shape index (κ1) is 18.5. The molecule has 1 fully saturated rings. The van der Waals surface area contributed by atoms with Gasteiger partial charge in [0.2, 0.25) is 0 Å². The van der Waals surface area contributed by atoms with E-state index in [4.69, 9.17) is 16.9 Å². The van der Waals surface area contributed by atoms with Gasteiger partial charge in [0.15, 0.2) is 0 Å². The molecule has 2 N–H and O–H groups in total. The molecule has 0 saturated carbocycles. The van der Waals surface area contributed by atoms with Crippen molar-refractivity contribution in [3.05, 3.63) is 28.3 Å². The Morgan fingerprint density at radius 3 is 2.79 bits per heavy atom. The molecular formula is C14H16ClN3O5S. The summed E-state index contributed by atoms with van der Waals surface area (Å²) in [6.45, 7) is 1.54. The molecule has 2 rings (SSSR count). The molecule has 2 atom stereocenters. The first-order valence-electron chi connectivity index (χ1n) is 6.97. The van der Waals surface area contributed by atoms with Crippen molar-refractivity contribution in [1.29, 1.82) is 5.26 Å². The topological polar surface area (TPSA) is 120 Å². The number of methoxy groups -OCH3 is 1. The Kier molecular flexibility index (Phi) is 5.35. The van der Waals surface area contributed by atoms with Gasteiger partial charge in [0, 0.05) is 6.54 Å². The number of anilines is 1. The number of hydrogen-bond donors (Lipinski definition) is 2. The molecule has 0 amide bonds. The Labute approximate surface area is 144 Å². The lowest BCUT2D eigenvalue weighted by molar-refractivity contribution is -0.146. The van der Waals surface area contributed by atoms with Crippen LogP contribution < -0.4 is 4.72 Å². The Morgan fingerprint density at radius 2 is 2.21 bits per heavy atom. The minimum atomic E-state index is -4.13. The van der Waals surface area contributed by atoms with Crippen LogP contribution in [0.4, 0.5) is 5.69 Å². The van der Waals surface area contributed by atoms with Crippen molar-refractivity contribution in [3.8, 4) is 6.07 Å². The van der Waals surface area contributed by atoms with Crippen LogP contribution in [-0.4, -0.2) is 49.6 Å². The Hall–Kier alpha value is -1.86. The highest BCUT2D eigenvalue weighted by Gasteiger charge is 2.45. The van der Waals surface area contributed by atoms with Crippen molar-refractivity contribution in [1.82, 2.24) is 4.31 Å². The van der Waals surface area contributed by atoms with E-state index in [-0.39, 0.29) is 29.2 Å². The maximum Gasteiger partial charge on any atom is 0.326 e. The zero-order chi connectivity index (χ0) is 18.1. The second kappa shape index (κ2) is 6.94. The normalized spacial score (nSPS) is 21.3. The number of ether oxygens (including phenoxy) is 1. The van der Waals surface area contributed by atoms with Crippen molar-refractivity contribution in [2.24, 2.45) is 0 Å². The van der Waals surface area contributed by atoms with E-state index in [9.17, 15) is 18.3 Å². The largest absolute Gasteiger partial charge is 0.468 e. The van der Waals surface area contributed by atoms with E-state index in [1.165, 1.54) is 12.1 Å². The highest BCUT2D eigenvalue weighted by Crippen LogP contribution is 2.30. The highest BCUT2D eigenvalue weighted by molar-refractivity contribution is 7.90. The van der Waals surface area contributed by atoms with Gasteiger partial charge in [0.1, 0.15) is 12.1 Å². The summed E-state index contributed by atoms with van der Waals surface area (Å²) in [5.41, 5.74) is 0.791. The summed E-state index contributed by atoms with van der Waals surface area (Å²) in [7, 11) is -3.01. The molecule has 0 aliphatic carbocycles. The molecule has 1 heterocycles. The number of aliphatic hydroxyl groups is 1. The van der Waals surface area contributed by atoms with E-state index in [1.54, 1.807) is 6.92 Å². The van der Waals surface area contributed by atoms with Crippen LogP contribution in [-0.2, 0) is 19.7 Å². The summed E-state index contributed by atoms with van der Waals surface area (Å²) in [5, 5.41) is 18.9. The average Bonchev–Trinajstić information content (AvgIpc) is 2.94. The first-order chi connectivity index (χ1) is 11.2. The Balaban J connectivity index is 2.34. The monoisotopic (exact) mass is 373 g/mol. The first-order valence-corrected chi connectivity index (χ1v) is 8.79. The summed E-state index contributed by atoms with van der Waals surface area (Å²) in [6.07, 6.45) is -1.02. The van der Waals surface area contributed by atoms with Crippen LogP contribution in [0.3, 0.4) is 0 Å². The number of nitrogens with zero attached hydrogens (tertiary/aromatic N) is 2. The summed E-state index contributed by atoms with van der Waals surface area (Å²) < 4.78 is 32.9. The molecule has 0 aromatic heterocycles. The molecule has 1 aromatic rings. The van der Waals surface area contributed by atoms with Crippen molar-refractivity contribution < 1.29 is 23.1 Å². The van der Waals surface area contributed by atoms with Gasteiger partial charge in [0.25, 0.3) is 0 Å². The standard InChI is InChI=1S/C14H16ClN3O5S/c1-8-10(4-3-9(7-16)12(8)15)17-24(21,22)18-6-5-11(19)13(18)14(20)23-2/h3-4,11,13,17,19H,5-6H2,1-2H3/t11-,13?/m0/s1. The molecule has 130 valence electrons. The lowest BCUT2D eigenvalue weighted by Crippen LogP contribution is -2.47. The summed E-state index contributed by atoms with van der Waals surface area (Å²) in [5.74, 6) is -0.833. The highest BCUT2D eigenvalue weighted by atomic mass is 35.5. The van der Waals surface area contributed by atoms with Gasteiger partial charge in [0.05, 0.1) is 29.5 Å².